The SMILES string of the molecule is NC(=O)[C@H](Sc1nc2ccccc2o1)c1ccc(F)cc1. The van der Waals surface area contributed by atoms with Gasteiger partial charge in [0.25, 0.3) is 5.22 Å². The zero-order chi connectivity index (χ0) is 14.8. The minimum atomic E-state index is -0.682. The van der Waals surface area contributed by atoms with Crippen LogP contribution in [-0.4, -0.2) is 10.9 Å². The van der Waals surface area contributed by atoms with E-state index >= 15 is 0 Å². The largest absolute Gasteiger partial charge is 0.431 e. The van der Waals surface area contributed by atoms with Crippen LogP contribution in [0.3, 0.4) is 0 Å². The van der Waals surface area contributed by atoms with Crippen LogP contribution in [0.1, 0.15) is 10.8 Å². The first-order valence-electron chi connectivity index (χ1n) is 6.20. The number of aromatic nitrogens is 1. The number of para-hydroxylation sites is 2. The normalized spacial score (nSPS) is 12.4. The van der Waals surface area contributed by atoms with E-state index < -0.39 is 11.2 Å². The van der Waals surface area contributed by atoms with Crippen LogP contribution in [0.4, 0.5) is 4.39 Å². The molecule has 0 fully saturated rings. The minimum absolute atomic E-state index is 0.351. The highest BCUT2D eigenvalue weighted by Crippen LogP contribution is 2.36. The zero-order valence-electron chi connectivity index (χ0n) is 10.8. The molecule has 0 aliphatic heterocycles. The summed E-state index contributed by atoms with van der Waals surface area (Å²) in [5.41, 5.74) is 7.38. The summed E-state index contributed by atoms with van der Waals surface area (Å²) in [7, 11) is 0. The number of amides is 1. The monoisotopic (exact) mass is 302 g/mol. The lowest BCUT2D eigenvalue weighted by molar-refractivity contribution is -0.117. The van der Waals surface area contributed by atoms with E-state index in [0.717, 1.165) is 11.8 Å². The molecule has 1 amide bonds. The van der Waals surface area contributed by atoms with Crippen LogP contribution in [0.5, 0.6) is 0 Å². The Morgan fingerprint density at radius 1 is 1.19 bits per heavy atom. The molecule has 21 heavy (non-hydrogen) atoms. The van der Waals surface area contributed by atoms with Crippen LogP contribution in [0.2, 0.25) is 0 Å². The van der Waals surface area contributed by atoms with Gasteiger partial charge in [0.05, 0.1) is 0 Å². The van der Waals surface area contributed by atoms with Crippen molar-refractivity contribution in [1.82, 2.24) is 4.98 Å². The van der Waals surface area contributed by atoms with E-state index in [9.17, 15) is 9.18 Å². The highest BCUT2D eigenvalue weighted by molar-refractivity contribution is 8.00. The van der Waals surface area contributed by atoms with Crippen molar-refractivity contribution in [3.8, 4) is 0 Å². The highest BCUT2D eigenvalue weighted by Gasteiger charge is 2.22. The number of rotatable bonds is 4. The minimum Gasteiger partial charge on any atom is -0.431 e. The Morgan fingerprint density at radius 3 is 2.57 bits per heavy atom. The second-order valence-electron chi connectivity index (χ2n) is 4.40. The third kappa shape index (κ3) is 2.90. The number of benzene rings is 2. The van der Waals surface area contributed by atoms with Gasteiger partial charge in [-0.25, -0.2) is 9.37 Å². The fourth-order valence-corrected chi connectivity index (χ4v) is 2.83. The van der Waals surface area contributed by atoms with Gasteiger partial charge in [0.15, 0.2) is 5.58 Å². The Bertz CT molecular complexity index is 753. The van der Waals surface area contributed by atoms with Gasteiger partial charge in [-0.3, -0.25) is 4.79 Å². The van der Waals surface area contributed by atoms with E-state index in [4.69, 9.17) is 10.2 Å². The van der Waals surface area contributed by atoms with Gasteiger partial charge in [0.1, 0.15) is 16.6 Å². The highest BCUT2D eigenvalue weighted by atomic mass is 32.2. The summed E-state index contributed by atoms with van der Waals surface area (Å²) in [5.74, 6) is -0.900. The van der Waals surface area contributed by atoms with Gasteiger partial charge >= 0.3 is 0 Å². The third-order valence-corrected chi connectivity index (χ3v) is 4.04. The lowest BCUT2D eigenvalue weighted by atomic mass is 10.1. The van der Waals surface area contributed by atoms with E-state index in [1.807, 2.05) is 18.2 Å². The number of thioether (sulfide) groups is 1. The molecule has 2 aromatic carbocycles. The number of hydrogen-bond donors (Lipinski definition) is 1. The predicted octanol–water partition coefficient (Wildman–Crippen LogP) is 3.29. The second kappa shape index (κ2) is 5.57. The Hall–Kier alpha value is -2.34. The smallest absolute Gasteiger partial charge is 0.257 e. The Labute approximate surface area is 124 Å². The molecule has 0 aliphatic carbocycles. The summed E-state index contributed by atoms with van der Waals surface area (Å²) < 4.78 is 18.5. The van der Waals surface area contributed by atoms with Crippen molar-refractivity contribution >= 4 is 28.8 Å². The van der Waals surface area contributed by atoms with Gasteiger partial charge in [0, 0.05) is 0 Å². The number of carbonyl (C=O) groups excluding carboxylic acids is 1. The van der Waals surface area contributed by atoms with Crippen molar-refractivity contribution in [2.24, 2.45) is 5.73 Å². The molecular formula is C15H11FN2O2S. The quantitative estimate of drug-likeness (QED) is 0.751. The second-order valence-corrected chi connectivity index (χ2v) is 5.46. The van der Waals surface area contributed by atoms with Gasteiger partial charge in [-0.05, 0) is 41.6 Å². The molecular weight excluding hydrogens is 291 g/mol. The van der Waals surface area contributed by atoms with Crippen molar-refractivity contribution in [3.63, 3.8) is 0 Å². The molecule has 0 aliphatic rings. The number of halogens is 1. The number of carbonyl (C=O) groups is 1. The van der Waals surface area contributed by atoms with Crippen molar-refractivity contribution in [3.05, 3.63) is 59.9 Å². The van der Waals surface area contributed by atoms with Crippen LogP contribution < -0.4 is 5.73 Å². The van der Waals surface area contributed by atoms with Gasteiger partial charge < -0.3 is 10.2 Å². The van der Waals surface area contributed by atoms with Crippen LogP contribution in [0.25, 0.3) is 11.1 Å². The maximum absolute atomic E-state index is 13.0. The molecule has 1 atom stereocenters. The van der Waals surface area contributed by atoms with Crippen molar-refractivity contribution in [2.75, 3.05) is 0 Å². The molecule has 2 N–H and O–H groups in total. The molecule has 4 nitrogen and oxygen atoms in total. The Balaban J connectivity index is 1.91. The van der Waals surface area contributed by atoms with Gasteiger partial charge in [-0.15, -0.1) is 0 Å². The number of nitrogens with zero attached hydrogens (tertiary/aromatic N) is 1. The van der Waals surface area contributed by atoms with Gasteiger partial charge in [-0.1, -0.05) is 24.3 Å². The molecule has 1 heterocycles. The average molecular weight is 302 g/mol. The number of hydrogen-bond acceptors (Lipinski definition) is 4. The summed E-state index contributed by atoms with van der Waals surface area (Å²) in [6.45, 7) is 0. The number of oxazole rings is 1. The standard InChI is InChI=1S/C15H11FN2O2S/c16-10-7-5-9(6-8-10)13(14(17)19)21-15-18-11-3-1-2-4-12(11)20-15/h1-8,13H,(H2,17,19)/t13-/m1/s1. The summed E-state index contributed by atoms with van der Waals surface area (Å²) in [5, 5.41) is -0.331. The first-order valence-corrected chi connectivity index (χ1v) is 7.08. The summed E-state index contributed by atoms with van der Waals surface area (Å²) in [4.78, 5) is 15.9. The molecule has 1 aromatic heterocycles. The summed E-state index contributed by atoms with van der Waals surface area (Å²) >= 11 is 1.11. The number of fused-ring (bicyclic) bond motifs is 1. The third-order valence-electron chi connectivity index (χ3n) is 2.92. The van der Waals surface area contributed by atoms with E-state index in [-0.39, 0.29) is 5.82 Å². The van der Waals surface area contributed by atoms with Crippen LogP contribution in [0.15, 0.2) is 58.2 Å². The lowest BCUT2D eigenvalue weighted by Gasteiger charge is -2.10. The van der Waals surface area contributed by atoms with Crippen LogP contribution in [0, 0.1) is 5.82 Å². The number of primary amides is 1. The van der Waals surface area contributed by atoms with Crippen molar-refractivity contribution in [2.45, 2.75) is 10.5 Å². The summed E-state index contributed by atoms with van der Waals surface area (Å²) in [6.07, 6.45) is 0. The molecule has 106 valence electrons. The van der Waals surface area contributed by atoms with E-state index in [2.05, 4.69) is 4.98 Å². The van der Waals surface area contributed by atoms with E-state index in [0.29, 0.717) is 21.9 Å². The maximum atomic E-state index is 13.0. The van der Waals surface area contributed by atoms with Crippen LogP contribution in [-0.2, 0) is 4.79 Å². The molecule has 3 aromatic rings. The Kier molecular flexibility index (Phi) is 3.62. The first kappa shape index (κ1) is 13.6. The average Bonchev–Trinajstić information content (AvgIpc) is 2.88. The fraction of sp³-hybridized carbons (Fsp3) is 0.0667. The Morgan fingerprint density at radius 2 is 1.90 bits per heavy atom. The molecule has 0 saturated heterocycles. The van der Waals surface area contributed by atoms with Gasteiger partial charge in [-0.2, -0.15) is 0 Å². The van der Waals surface area contributed by atoms with E-state index in [1.165, 1.54) is 24.3 Å². The zero-order valence-corrected chi connectivity index (χ0v) is 11.6. The molecule has 0 radical (unpaired) electrons. The molecule has 3 rings (SSSR count). The number of nitrogens with two attached hydrogens (primary N) is 1. The molecule has 6 heteroatoms. The van der Waals surface area contributed by atoms with Crippen LogP contribution >= 0.6 is 11.8 Å². The maximum Gasteiger partial charge on any atom is 0.257 e. The van der Waals surface area contributed by atoms with Gasteiger partial charge in [0.2, 0.25) is 5.91 Å². The van der Waals surface area contributed by atoms with E-state index in [1.54, 1.807) is 6.07 Å². The molecule has 0 saturated carbocycles. The molecule has 0 bridgehead atoms. The topological polar surface area (TPSA) is 69.1 Å². The van der Waals surface area contributed by atoms with Crippen molar-refractivity contribution < 1.29 is 13.6 Å². The fourth-order valence-electron chi connectivity index (χ4n) is 1.93. The summed E-state index contributed by atoms with van der Waals surface area (Å²) in [6, 6.07) is 12.9. The molecule has 0 spiro atoms. The van der Waals surface area contributed by atoms with Crippen molar-refractivity contribution in [1.29, 1.82) is 0 Å². The first-order chi connectivity index (χ1) is 10.1. The lowest BCUT2D eigenvalue weighted by Crippen LogP contribution is -2.18. The predicted molar refractivity (Wildman–Crippen MR) is 78.2 cm³/mol. The molecule has 0 unspecified atom stereocenters.